The van der Waals surface area contributed by atoms with Gasteiger partial charge < -0.3 is 19.3 Å². The maximum Gasteiger partial charge on any atom is 0.416 e. The minimum absolute atomic E-state index is 0.103. The average molecular weight is 524 g/mol. The first-order chi connectivity index (χ1) is 17.4. The van der Waals surface area contributed by atoms with Crippen molar-refractivity contribution in [2.24, 2.45) is 0 Å². The fourth-order valence-electron chi connectivity index (χ4n) is 4.48. The van der Waals surface area contributed by atoms with Crippen molar-refractivity contribution >= 4 is 29.0 Å². The van der Waals surface area contributed by atoms with Crippen molar-refractivity contribution in [3.63, 3.8) is 0 Å². The van der Waals surface area contributed by atoms with Gasteiger partial charge in [-0.15, -0.1) is 0 Å². The molecular formula is C26H32F3N3O3S. The molecule has 1 saturated heterocycles. The van der Waals surface area contributed by atoms with E-state index >= 15 is 0 Å². The van der Waals surface area contributed by atoms with Crippen molar-refractivity contribution in [3.8, 4) is 0 Å². The van der Waals surface area contributed by atoms with E-state index < -0.39 is 11.7 Å². The second-order valence-corrected chi connectivity index (χ2v) is 9.92. The summed E-state index contributed by atoms with van der Waals surface area (Å²) >= 11 is 1.51. The van der Waals surface area contributed by atoms with Gasteiger partial charge in [-0.05, 0) is 43.3 Å². The van der Waals surface area contributed by atoms with Crippen LogP contribution < -0.4 is 4.90 Å². The summed E-state index contributed by atoms with van der Waals surface area (Å²) in [5.74, 6) is 0.103. The molecule has 0 aliphatic carbocycles. The first-order valence-corrected chi connectivity index (χ1v) is 13.0. The van der Waals surface area contributed by atoms with Crippen LogP contribution in [0.4, 0.5) is 24.5 Å². The van der Waals surface area contributed by atoms with Crippen molar-refractivity contribution in [1.29, 1.82) is 0 Å². The van der Waals surface area contributed by atoms with Crippen molar-refractivity contribution in [1.82, 2.24) is 9.80 Å². The predicted molar refractivity (Wildman–Crippen MR) is 134 cm³/mol. The summed E-state index contributed by atoms with van der Waals surface area (Å²) in [5.41, 5.74) is 0.922. The van der Waals surface area contributed by atoms with Gasteiger partial charge in [-0.1, -0.05) is 23.9 Å². The molecule has 0 spiro atoms. The van der Waals surface area contributed by atoms with Gasteiger partial charge in [0, 0.05) is 49.6 Å². The zero-order chi connectivity index (χ0) is 25.5. The Bertz CT molecular complexity index is 1030. The van der Waals surface area contributed by atoms with E-state index in [1.807, 2.05) is 34.1 Å². The Morgan fingerprint density at radius 1 is 0.944 bits per heavy atom. The van der Waals surface area contributed by atoms with E-state index in [-0.39, 0.29) is 5.91 Å². The lowest BCUT2D eigenvalue weighted by atomic mass is 10.1. The number of fused-ring (bicyclic) bond motifs is 2. The van der Waals surface area contributed by atoms with E-state index in [4.69, 9.17) is 9.47 Å². The van der Waals surface area contributed by atoms with E-state index in [1.54, 1.807) is 13.2 Å². The number of carbonyl (C=O) groups excluding carboxylic acids is 1. The van der Waals surface area contributed by atoms with Crippen LogP contribution in [-0.4, -0.2) is 81.9 Å². The zero-order valence-electron chi connectivity index (χ0n) is 20.4. The molecule has 36 heavy (non-hydrogen) atoms. The van der Waals surface area contributed by atoms with E-state index in [1.165, 1.54) is 17.8 Å². The van der Waals surface area contributed by atoms with Crippen molar-refractivity contribution < 1.29 is 27.4 Å². The number of hydrogen-bond acceptors (Lipinski definition) is 6. The Balaban J connectivity index is 1.31. The van der Waals surface area contributed by atoms with Crippen LogP contribution in [0.1, 0.15) is 18.4 Å². The molecule has 4 rings (SSSR count). The Hall–Kier alpha value is -2.27. The molecule has 2 aromatic rings. The Labute approximate surface area is 214 Å². The number of para-hydroxylation sites is 1. The molecule has 2 aliphatic heterocycles. The SMILES string of the molecule is COCCOCCC(=O)N1CCN(CCCN2c3ccccc3Sc3ccc(C(F)(F)F)cc32)CC1. The number of piperazine rings is 1. The third-order valence-electron chi connectivity index (χ3n) is 6.43. The van der Waals surface area contributed by atoms with Gasteiger partial charge in [-0.2, -0.15) is 13.2 Å². The van der Waals surface area contributed by atoms with E-state index in [0.717, 1.165) is 47.6 Å². The second-order valence-electron chi connectivity index (χ2n) is 8.83. The largest absolute Gasteiger partial charge is 0.416 e. The van der Waals surface area contributed by atoms with Crippen LogP contribution >= 0.6 is 11.8 Å². The fourth-order valence-corrected chi connectivity index (χ4v) is 5.56. The molecule has 0 radical (unpaired) electrons. The quantitative estimate of drug-likeness (QED) is 0.413. The molecule has 0 saturated carbocycles. The molecule has 2 aromatic carbocycles. The number of hydrogen-bond donors (Lipinski definition) is 0. The van der Waals surface area contributed by atoms with Crippen molar-refractivity contribution in [2.75, 3.05) is 71.1 Å². The highest BCUT2D eigenvalue weighted by Gasteiger charge is 2.33. The first kappa shape index (κ1) is 26.8. The summed E-state index contributed by atoms with van der Waals surface area (Å²) in [6.07, 6.45) is -3.21. The molecule has 196 valence electrons. The average Bonchev–Trinajstić information content (AvgIpc) is 2.87. The van der Waals surface area contributed by atoms with Gasteiger partial charge in [0.25, 0.3) is 0 Å². The van der Waals surface area contributed by atoms with Crippen LogP contribution in [0.3, 0.4) is 0 Å². The molecule has 10 heteroatoms. The summed E-state index contributed by atoms with van der Waals surface area (Å²) < 4.78 is 50.5. The fraction of sp³-hybridized carbons (Fsp3) is 0.500. The lowest BCUT2D eigenvalue weighted by molar-refractivity contribution is -0.137. The van der Waals surface area contributed by atoms with E-state index in [9.17, 15) is 18.0 Å². The van der Waals surface area contributed by atoms with Crippen LogP contribution in [-0.2, 0) is 20.4 Å². The van der Waals surface area contributed by atoms with E-state index in [0.29, 0.717) is 51.6 Å². The maximum absolute atomic E-state index is 13.4. The van der Waals surface area contributed by atoms with Gasteiger partial charge >= 0.3 is 6.18 Å². The highest BCUT2D eigenvalue weighted by molar-refractivity contribution is 7.99. The summed E-state index contributed by atoms with van der Waals surface area (Å²) in [6, 6.07) is 11.8. The van der Waals surface area contributed by atoms with Crippen molar-refractivity contribution in [3.05, 3.63) is 48.0 Å². The minimum atomic E-state index is -4.38. The molecule has 0 atom stereocenters. The van der Waals surface area contributed by atoms with Gasteiger partial charge in [0.1, 0.15) is 0 Å². The van der Waals surface area contributed by atoms with Crippen LogP contribution in [0, 0.1) is 0 Å². The molecular weight excluding hydrogens is 491 g/mol. The minimum Gasteiger partial charge on any atom is -0.382 e. The standard InChI is InChI=1S/C26H32F3N3O3S/c1-34-17-18-35-16-9-25(33)31-14-12-30(13-15-31)10-4-11-32-21-5-2-3-6-23(21)36-24-8-7-20(19-22(24)32)26(27,28)29/h2-3,5-8,19H,4,9-18H2,1H3. The summed E-state index contributed by atoms with van der Waals surface area (Å²) in [7, 11) is 1.61. The number of methoxy groups -OCH3 is 1. The van der Waals surface area contributed by atoms with Crippen LogP contribution in [0.2, 0.25) is 0 Å². The third-order valence-corrected chi connectivity index (χ3v) is 7.56. The summed E-state index contributed by atoms with van der Waals surface area (Å²) in [4.78, 5) is 20.5. The Morgan fingerprint density at radius 2 is 1.69 bits per heavy atom. The smallest absolute Gasteiger partial charge is 0.382 e. The van der Waals surface area contributed by atoms with Crippen molar-refractivity contribution in [2.45, 2.75) is 28.8 Å². The number of rotatable bonds is 10. The number of amides is 1. The molecule has 0 N–H and O–H groups in total. The topological polar surface area (TPSA) is 45.3 Å². The second kappa shape index (κ2) is 12.3. The zero-order valence-corrected chi connectivity index (χ0v) is 21.2. The Kier molecular flexibility index (Phi) is 9.16. The lowest BCUT2D eigenvalue weighted by Crippen LogP contribution is -2.49. The van der Waals surface area contributed by atoms with Crippen LogP contribution in [0.5, 0.6) is 0 Å². The molecule has 2 aliphatic rings. The first-order valence-electron chi connectivity index (χ1n) is 12.2. The lowest BCUT2D eigenvalue weighted by Gasteiger charge is -2.36. The number of ether oxygens (including phenoxy) is 2. The number of benzene rings is 2. The van der Waals surface area contributed by atoms with Crippen LogP contribution in [0.15, 0.2) is 52.3 Å². The summed E-state index contributed by atoms with van der Waals surface area (Å²) in [6.45, 7) is 5.77. The molecule has 1 amide bonds. The van der Waals surface area contributed by atoms with Gasteiger partial charge in [0.2, 0.25) is 5.91 Å². The molecule has 1 fully saturated rings. The number of halogens is 3. The molecule has 2 heterocycles. The van der Waals surface area contributed by atoms with Gasteiger partial charge in [-0.3, -0.25) is 9.69 Å². The van der Waals surface area contributed by atoms with E-state index in [2.05, 4.69) is 4.90 Å². The number of alkyl halides is 3. The molecule has 6 nitrogen and oxygen atoms in total. The van der Waals surface area contributed by atoms with Gasteiger partial charge in [0.05, 0.1) is 43.2 Å². The normalized spacial score (nSPS) is 16.1. The van der Waals surface area contributed by atoms with Crippen LogP contribution in [0.25, 0.3) is 0 Å². The third kappa shape index (κ3) is 6.73. The summed E-state index contributed by atoms with van der Waals surface area (Å²) in [5, 5.41) is 0. The highest BCUT2D eigenvalue weighted by Crippen LogP contribution is 2.49. The molecule has 0 aromatic heterocycles. The predicted octanol–water partition coefficient (Wildman–Crippen LogP) is 4.90. The maximum atomic E-state index is 13.4. The van der Waals surface area contributed by atoms with Gasteiger partial charge in [0.15, 0.2) is 0 Å². The monoisotopic (exact) mass is 523 g/mol. The number of nitrogens with zero attached hydrogens (tertiary/aromatic N) is 3. The van der Waals surface area contributed by atoms with Gasteiger partial charge in [-0.25, -0.2) is 0 Å². The Morgan fingerprint density at radius 3 is 2.44 bits per heavy atom. The number of anilines is 2. The highest BCUT2D eigenvalue weighted by atomic mass is 32.2. The number of carbonyl (C=O) groups is 1. The molecule has 0 unspecified atom stereocenters. The molecule has 0 bridgehead atoms.